The normalized spacial score (nSPS) is 19.2. The summed E-state index contributed by atoms with van der Waals surface area (Å²) in [7, 11) is 0. The zero-order valence-electron chi connectivity index (χ0n) is 20.3. The van der Waals surface area contributed by atoms with Gasteiger partial charge in [0.25, 0.3) is 0 Å². The number of aliphatic carboxylic acids is 1. The van der Waals surface area contributed by atoms with E-state index in [4.69, 9.17) is 9.72 Å². The fourth-order valence-corrected chi connectivity index (χ4v) is 5.36. The van der Waals surface area contributed by atoms with E-state index in [1.807, 2.05) is 18.2 Å². The maximum atomic E-state index is 13.0. The first kappa shape index (κ1) is 24.1. The fraction of sp³-hybridized carbons (Fsp3) is 0.481. The van der Waals surface area contributed by atoms with Crippen LogP contribution < -0.4 is 15.4 Å². The number of ether oxygens (including phenoxy) is 1. The van der Waals surface area contributed by atoms with Gasteiger partial charge in [-0.25, -0.2) is 0 Å². The number of fused-ring (bicyclic) bond motifs is 2. The highest BCUT2D eigenvalue weighted by atomic mass is 16.5. The molecule has 3 aliphatic heterocycles. The van der Waals surface area contributed by atoms with Gasteiger partial charge < -0.3 is 25.4 Å². The van der Waals surface area contributed by atoms with E-state index in [2.05, 4.69) is 16.7 Å². The topological polar surface area (TPSA) is 121 Å². The molecule has 0 saturated carbocycles. The lowest BCUT2D eigenvalue weighted by Gasteiger charge is -2.26. The largest absolute Gasteiger partial charge is 0.493 e. The number of pyridine rings is 1. The maximum absolute atomic E-state index is 13.0. The van der Waals surface area contributed by atoms with E-state index in [0.29, 0.717) is 25.0 Å². The summed E-state index contributed by atoms with van der Waals surface area (Å²) in [6, 6.07) is 8.94. The van der Waals surface area contributed by atoms with Crippen LogP contribution in [0.2, 0.25) is 0 Å². The smallest absolute Gasteiger partial charge is 0.305 e. The summed E-state index contributed by atoms with van der Waals surface area (Å²) in [4.78, 5) is 43.5. The number of nitrogens with zero attached hydrogens (tertiary/aromatic N) is 2. The Bertz CT molecular complexity index is 1170. The van der Waals surface area contributed by atoms with Crippen LogP contribution in [0.3, 0.4) is 0 Å². The number of carbonyl (C=O) groups is 3. The first-order valence-corrected chi connectivity index (χ1v) is 12.7. The highest BCUT2D eigenvalue weighted by Gasteiger charge is 2.33. The van der Waals surface area contributed by atoms with Crippen molar-refractivity contribution in [3.63, 3.8) is 0 Å². The van der Waals surface area contributed by atoms with E-state index >= 15 is 0 Å². The van der Waals surface area contributed by atoms with Gasteiger partial charge in [-0.15, -0.1) is 0 Å². The Balaban J connectivity index is 1.21. The molecule has 1 fully saturated rings. The number of nitrogens with one attached hydrogen (secondary N) is 2. The average Bonchev–Trinajstić information content (AvgIpc) is 3.48. The van der Waals surface area contributed by atoms with Gasteiger partial charge in [0, 0.05) is 31.1 Å². The summed E-state index contributed by atoms with van der Waals surface area (Å²) < 4.78 is 5.61. The second-order valence-electron chi connectivity index (χ2n) is 9.76. The molecule has 0 spiro atoms. The minimum absolute atomic E-state index is 0.0366. The molecule has 1 aromatic heterocycles. The molecule has 2 atom stereocenters. The molecule has 2 aromatic rings. The van der Waals surface area contributed by atoms with Gasteiger partial charge in [0.1, 0.15) is 5.75 Å². The molecule has 9 heteroatoms. The Morgan fingerprint density at radius 3 is 2.97 bits per heavy atom. The Labute approximate surface area is 210 Å². The van der Waals surface area contributed by atoms with E-state index in [1.165, 1.54) is 0 Å². The number of carboxylic acids is 1. The zero-order valence-corrected chi connectivity index (χ0v) is 20.3. The highest BCUT2D eigenvalue weighted by molar-refractivity contribution is 5.86. The number of aryl methyl sites for hydroxylation is 2. The zero-order chi connectivity index (χ0) is 25.1. The van der Waals surface area contributed by atoms with Gasteiger partial charge in [0.15, 0.2) is 0 Å². The number of hydrogen-bond donors (Lipinski definition) is 3. The molecule has 5 rings (SSSR count). The van der Waals surface area contributed by atoms with Crippen LogP contribution in [-0.2, 0) is 33.6 Å². The number of amides is 2. The SMILES string of the molecule is O=C(O)C[C@H](NC(=O)CN1C(=O)CCC1CCc1ccc2c(n1)CCCN2)c1ccc2c(c1)OCC2. The predicted octanol–water partition coefficient (Wildman–Crippen LogP) is 2.63. The van der Waals surface area contributed by atoms with E-state index in [0.717, 1.165) is 67.0 Å². The third-order valence-electron chi connectivity index (χ3n) is 7.27. The standard InChI is InChI=1S/C27H32N4O5/c32-25(30-23(15-27(34)35)18-4-3-17-11-13-36-24(17)14-18)16-31-20(8-10-26(31)33)7-5-19-6-9-21-22(29-19)2-1-12-28-21/h3-4,6,9,14,20,23,28H,1-2,5,7-8,10-13,15-16H2,(H,30,32)(H,34,35)/t20?,23-/m0/s1. The Hall–Kier alpha value is -3.62. The van der Waals surface area contributed by atoms with Gasteiger partial charge >= 0.3 is 5.97 Å². The number of aromatic nitrogens is 1. The van der Waals surface area contributed by atoms with Crippen molar-refractivity contribution in [2.24, 2.45) is 0 Å². The molecule has 0 aliphatic carbocycles. The molecule has 0 radical (unpaired) electrons. The van der Waals surface area contributed by atoms with Crippen molar-refractivity contribution in [3.8, 4) is 5.75 Å². The molecule has 1 saturated heterocycles. The van der Waals surface area contributed by atoms with Crippen molar-refractivity contribution >= 4 is 23.5 Å². The van der Waals surface area contributed by atoms with Crippen molar-refractivity contribution in [1.29, 1.82) is 0 Å². The molecule has 1 aromatic carbocycles. The molecule has 3 N–H and O–H groups in total. The van der Waals surface area contributed by atoms with Crippen LogP contribution in [0.1, 0.15) is 60.7 Å². The lowest BCUT2D eigenvalue weighted by Crippen LogP contribution is -2.43. The number of hydrogen-bond acceptors (Lipinski definition) is 6. The summed E-state index contributed by atoms with van der Waals surface area (Å²) >= 11 is 0. The molecular weight excluding hydrogens is 460 g/mol. The molecule has 3 aliphatic rings. The van der Waals surface area contributed by atoms with E-state index < -0.39 is 12.0 Å². The Morgan fingerprint density at radius 1 is 1.22 bits per heavy atom. The van der Waals surface area contributed by atoms with E-state index in [9.17, 15) is 19.5 Å². The second-order valence-corrected chi connectivity index (χ2v) is 9.76. The number of rotatable bonds is 9. The number of carbonyl (C=O) groups excluding carboxylic acids is 2. The van der Waals surface area contributed by atoms with Crippen LogP contribution in [0, 0.1) is 0 Å². The molecule has 4 heterocycles. The van der Waals surface area contributed by atoms with Gasteiger partial charge in [-0.1, -0.05) is 12.1 Å². The van der Waals surface area contributed by atoms with Crippen molar-refractivity contribution in [1.82, 2.24) is 15.2 Å². The number of benzene rings is 1. The maximum Gasteiger partial charge on any atom is 0.305 e. The van der Waals surface area contributed by atoms with Crippen molar-refractivity contribution in [2.75, 3.05) is 25.0 Å². The first-order valence-electron chi connectivity index (χ1n) is 12.7. The number of likely N-dealkylation sites (tertiary alicyclic amines) is 1. The van der Waals surface area contributed by atoms with Crippen LogP contribution in [0.25, 0.3) is 0 Å². The Kier molecular flexibility index (Phi) is 7.06. The first-order chi connectivity index (χ1) is 17.5. The minimum Gasteiger partial charge on any atom is -0.493 e. The number of carboxylic acid groups (broad SMARTS) is 1. The van der Waals surface area contributed by atoms with E-state index in [-0.39, 0.29) is 30.8 Å². The predicted molar refractivity (Wildman–Crippen MR) is 133 cm³/mol. The van der Waals surface area contributed by atoms with Crippen LogP contribution in [0.4, 0.5) is 5.69 Å². The molecule has 0 bridgehead atoms. The average molecular weight is 493 g/mol. The lowest BCUT2D eigenvalue weighted by atomic mass is 10.0. The van der Waals surface area contributed by atoms with Gasteiger partial charge in [-0.2, -0.15) is 0 Å². The summed E-state index contributed by atoms with van der Waals surface area (Å²) in [5, 5.41) is 15.6. The molecule has 190 valence electrons. The summed E-state index contributed by atoms with van der Waals surface area (Å²) in [6.45, 7) is 1.50. The summed E-state index contributed by atoms with van der Waals surface area (Å²) in [5.41, 5.74) is 4.96. The summed E-state index contributed by atoms with van der Waals surface area (Å²) in [6.07, 6.45) is 5.21. The molecule has 36 heavy (non-hydrogen) atoms. The third-order valence-corrected chi connectivity index (χ3v) is 7.27. The third kappa shape index (κ3) is 5.45. The van der Waals surface area contributed by atoms with Crippen molar-refractivity contribution < 1.29 is 24.2 Å². The number of anilines is 1. The van der Waals surface area contributed by atoms with Gasteiger partial charge in [-0.05, 0) is 61.4 Å². The molecule has 1 unspecified atom stereocenters. The molecular formula is C27H32N4O5. The van der Waals surface area contributed by atoms with Crippen molar-refractivity contribution in [2.45, 2.75) is 63.5 Å². The van der Waals surface area contributed by atoms with Crippen LogP contribution in [-0.4, -0.2) is 58.5 Å². The van der Waals surface area contributed by atoms with Crippen LogP contribution >= 0.6 is 0 Å². The Morgan fingerprint density at radius 2 is 2.11 bits per heavy atom. The van der Waals surface area contributed by atoms with E-state index in [1.54, 1.807) is 11.0 Å². The van der Waals surface area contributed by atoms with Gasteiger partial charge in [0.2, 0.25) is 11.8 Å². The van der Waals surface area contributed by atoms with Crippen molar-refractivity contribution in [3.05, 3.63) is 52.8 Å². The van der Waals surface area contributed by atoms with Gasteiger partial charge in [-0.3, -0.25) is 19.4 Å². The van der Waals surface area contributed by atoms with Crippen LogP contribution in [0.5, 0.6) is 5.75 Å². The lowest BCUT2D eigenvalue weighted by molar-refractivity contribution is -0.138. The quantitative estimate of drug-likeness (QED) is 0.492. The minimum atomic E-state index is -1.01. The summed E-state index contributed by atoms with van der Waals surface area (Å²) in [5.74, 6) is -0.678. The fourth-order valence-electron chi connectivity index (χ4n) is 5.36. The highest BCUT2D eigenvalue weighted by Crippen LogP contribution is 2.30. The second kappa shape index (κ2) is 10.6. The van der Waals surface area contributed by atoms with Gasteiger partial charge in [0.05, 0.1) is 37.0 Å². The monoisotopic (exact) mass is 492 g/mol. The molecule has 9 nitrogen and oxygen atoms in total. The molecule has 2 amide bonds. The van der Waals surface area contributed by atoms with Crippen LogP contribution in [0.15, 0.2) is 30.3 Å².